The molecule has 2 heterocycles. The highest BCUT2D eigenvalue weighted by molar-refractivity contribution is 7.10. The lowest BCUT2D eigenvalue weighted by Crippen LogP contribution is -2.34. The molecular formula is C12H17N3S. The third-order valence-electron chi connectivity index (χ3n) is 3.07. The molecule has 2 rings (SSSR count). The summed E-state index contributed by atoms with van der Waals surface area (Å²) in [5, 5.41) is 3.09. The van der Waals surface area contributed by atoms with Crippen molar-refractivity contribution in [3.05, 3.63) is 28.7 Å². The molecule has 0 unspecified atom stereocenters. The first-order valence-electron chi connectivity index (χ1n) is 5.58. The van der Waals surface area contributed by atoms with Gasteiger partial charge in [-0.15, -0.1) is 11.3 Å². The number of hydrogen-bond donors (Lipinski definition) is 2. The molecule has 0 bridgehead atoms. The molecule has 2 aromatic heterocycles. The van der Waals surface area contributed by atoms with E-state index >= 15 is 0 Å². The van der Waals surface area contributed by atoms with Gasteiger partial charge in [0.25, 0.3) is 0 Å². The van der Waals surface area contributed by atoms with Crippen LogP contribution in [0.3, 0.4) is 0 Å². The van der Waals surface area contributed by atoms with Gasteiger partial charge >= 0.3 is 0 Å². The Morgan fingerprint density at radius 2 is 2.19 bits per heavy atom. The summed E-state index contributed by atoms with van der Waals surface area (Å²) in [6.07, 6.45) is 3.74. The van der Waals surface area contributed by atoms with Crippen LogP contribution >= 0.6 is 11.3 Å². The van der Waals surface area contributed by atoms with Gasteiger partial charge in [0.1, 0.15) is 5.01 Å². The predicted octanol–water partition coefficient (Wildman–Crippen LogP) is 3.11. The van der Waals surface area contributed by atoms with E-state index in [-0.39, 0.29) is 5.54 Å². The molecule has 3 N–H and O–H groups in total. The van der Waals surface area contributed by atoms with Gasteiger partial charge in [0.05, 0.1) is 16.9 Å². The second kappa shape index (κ2) is 4.39. The number of hydrogen-bond acceptors (Lipinski definition) is 3. The van der Waals surface area contributed by atoms with Crippen LogP contribution < -0.4 is 5.73 Å². The van der Waals surface area contributed by atoms with Gasteiger partial charge in [-0.05, 0) is 25.0 Å². The molecule has 16 heavy (non-hydrogen) atoms. The minimum atomic E-state index is -0.268. The van der Waals surface area contributed by atoms with Gasteiger partial charge in [0.2, 0.25) is 0 Å². The summed E-state index contributed by atoms with van der Waals surface area (Å²) in [7, 11) is 0. The molecule has 0 aromatic carbocycles. The maximum Gasteiger partial charge on any atom is 0.113 e. The molecule has 0 atom stereocenters. The third kappa shape index (κ3) is 1.90. The topological polar surface area (TPSA) is 54.7 Å². The molecule has 86 valence electrons. The molecule has 0 fully saturated rings. The van der Waals surface area contributed by atoms with E-state index in [1.165, 1.54) is 0 Å². The molecule has 0 aliphatic rings. The second-order valence-corrected chi connectivity index (χ2v) is 4.84. The van der Waals surface area contributed by atoms with Crippen molar-refractivity contribution >= 4 is 11.3 Å². The zero-order valence-corrected chi connectivity index (χ0v) is 10.5. The Bertz CT molecular complexity index is 441. The zero-order chi connectivity index (χ0) is 11.6. The monoisotopic (exact) mass is 235 g/mol. The molecule has 0 saturated carbocycles. The van der Waals surface area contributed by atoms with Crippen LogP contribution in [0.1, 0.15) is 31.7 Å². The average Bonchev–Trinajstić information content (AvgIpc) is 2.97. The maximum atomic E-state index is 6.32. The van der Waals surface area contributed by atoms with Crippen molar-refractivity contribution < 1.29 is 0 Å². The van der Waals surface area contributed by atoms with Gasteiger partial charge in [0, 0.05) is 11.6 Å². The molecule has 2 aromatic rings. The van der Waals surface area contributed by atoms with Crippen LogP contribution in [0.5, 0.6) is 0 Å². The summed E-state index contributed by atoms with van der Waals surface area (Å²) in [6.45, 7) is 4.22. The van der Waals surface area contributed by atoms with Crippen LogP contribution in [0.15, 0.2) is 23.7 Å². The number of aromatic amines is 1. The van der Waals surface area contributed by atoms with Crippen molar-refractivity contribution in [3.8, 4) is 11.4 Å². The fraction of sp³-hybridized carbons (Fsp3) is 0.417. The quantitative estimate of drug-likeness (QED) is 0.855. The Hall–Kier alpha value is -1.13. The van der Waals surface area contributed by atoms with Crippen molar-refractivity contribution in [3.63, 3.8) is 0 Å². The molecule has 0 saturated heterocycles. The van der Waals surface area contributed by atoms with E-state index in [0.29, 0.717) is 0 Å². The molecule has 0 aliphatic carbocycles. The minimum Gasteiger partial charge on any atom is -0.360 e. The molecular weight excluding hydrogens is 218 g/mol. The average molecular weight is 235 g/mol. The first-order chi connectivity index (χ1) is 7.69. The highest BCUT2D eigenvalue weighted by atomic mass is 32.1. The minimum absolute atomic E-state index is 0.268. The van der Waals surface area contributed by atoms with E-state index in [4.69, 9.17) is 5.73 Å². The van der Waals surface area contributed by atoms with Crippen LogP contribution in [0.2, 0.25) is 0 Å². The van der Waals surface area contributed by atoms with Crippen LogP contribution in [0.4, 0.5) is 0 Å². The number of thiazole rings is 1. The molecule has 0 amide bonds. The zero-order valence-electron chi connectivity index (χ0n) is 9.66. The predicted molar refractivity (Wildman–Crippen MR) is 68.3 cm³/mol. The van der Waals surface area contributed by atoms with E-state index in [9.17, 15) is 0 Å². The van der Waals surface area contributed by atoms with Gasteiger partial charge in [-0.2, -0.15) is 0 Å². The van der Waals surface area contributed by atoms with Crippen molar-refractivity contribution in [2.24, 2.45) is 5.73 Å². The summed E-state index contributed by atoms with van der Waals surface area (Å²) < 4.78 is 0. The summed E-state index contributed by atoms with van der Waals surface area (Å²) in [5.74, 6) is 0. The fourth-order valence-electron chi connectivity index (χ4n) is 1.67. The van der Waals surface area contributed by atoms with E-state index in [0.717, 1.165) is 29.2 Å². The Balaban J connectivity index is 2.33. The Morgan fingerprint density at radius 3 is 2.75 bits per heavy atom. The third-order valence-corrected chi connectivity index (χ3v) is 4.13. The number of rotatable bonds is 4. The number of nitrogens with zero attached hydrogens (tertiary/aromatic N) is 1. The molecule has 0 spiro atoms. The molecule has 4 heteroatoms. The van der Waals surface area contributed by atoms with Gasteiger partial charge in [-0.1, -0.05) is 13.8 Å². The van der Waals surface area contributed by atoms with Crippen molar-refractivity contribution in [2.75, 3.05) is 0 Å². The highest BCUT2D eigenvalue weighted by Gasteiger charge is 2.26. The SMILES string of the molecule is CCC(N)(CC)c1nc(-c2ccc[nH]2)cs1. The summed E-state index contributed by atoms with van der Waals surface area (Å²) in [6, 6.07) is 4.00. The first-order valence-corrected chi connectivity index (χ1v) is 6.46. The Labute approximate surface area is 99.7 Å². The van der Waals surface area contributed by atoms with E-state index in [2.05, 4.69) is 29.2 Å². The lowest BCUT2D eigenvalue weighted by molar-refractivity contribution is 0.411. The van der Waals surface area contributed by atoms with Gasteiger partial charge in [-0.25, -0.2) is 4.98 Å². The summed E-state index contributed by atoms with van der Waals surface area (Å²) in [4.78, 5) is 7.79. The molecule has 0 radical (unpaired) electrons. The lowest BCUT2D eigenvalue weighted by Gasteiger charge is -2.23. The smallest absolute Gasteiger partial charge is 0.113 e. The molecule has 3 nitrogen and oxygen atoms in total. The highest BCUT2D eigenvalue weighted by Crippen LogP contribution is 2.31. The Kier molecular flexibility index (Phi) is 3.12. The van der Waals surface area contributed by atoms with E-state index in [1.807, 2.05) is 18.3 Å². The standard InChI is InChI=1S/C12H17N3S/c1-3-12(13,4-2)11-15-10(8-16-11)9-6-5-7-14-9/h5-8,14H,3-4,13H2,1-2H3. The van der Waals surface area contributed by atoms with Crippen molar-refractivity contribution in [2.45, 2.75) is 32.2 Å². The van der Waals surface area contributed by atoms with Gasteiger partial charge in [-0.3, -0.25) is 0 Å². The lowest BCUT2D eigenvalue weighted by atomic mass is 9.95. The second-order valence-electron chi connectivity index (χ2n) is 3.98. The van der Waals surface area contributed by atoms with Crippen molar-refractivity contribution in [1.82, 2.24) is 9.97 Å². The summed E-state index contributed by atoms with van der Waals surface area (Å²) in [5.41, 5.74) is 8.09. The molecule has 0 aliphatic heterocycles. The van der Waals surface area contributed by atoms with E-state index in [1.54, 1.807) is 11.3 Å². The normalized spacial score (nSPS) is 11.9. The first kappa shape index (κ1) is 11.4. The fourth-order valence-corrected chi connectivity index (χ4v) is 2.75. The van der Waals surface area contributed by atoms with E-state index < -0.39 is 0 Å². The van der Waals surface area contributed by atoms with Crippen LogP contribution in [0, 0.1) is 0 Å². The van der Waals surface area contributed by atoms with Crippen LogP contribution in [-0.2, 0) is 5.54 Å². The van der Waals surface area contributed by atoms with Gasteiger partial charge < -0.3 is 10.7 Å². The van der Waals surface area contributed by atoms with Crippen molar-refractivity contribution in [1.29, 1.82) is 0 Å². The Morgan fingerprint density at radius 1 is 1.44 bits per heavy atom. The number of H-pyrrole nitrogens is 1. The summed E-state index contributed by atoms with van der Waals surface area (Å²) >= 11 is 1.65. The van der Waals surface area contributed by atoms with Crippen LogP contribution in [0.25, 0.3) is 11.4 Å². The van der Waals surface area contributed by atoms with Gasteiger partial charge in [0.15, 0.2) is 0 Å². The number of nitrogens with one attached hydrogen (secondary N) is 1. The number of aromatic nitrogens is 2. The maximum absolute atomic E-state index is 6.32. The van der Waals surface area contributed by atoms with Crippen LogP contribution in [-0.4, -0.2) is 9.97 Å². The largest absolute Gasteiger partial charge is 0.360 e. The number of nitrogens with two attached hydrogens (primary N) is 1.